The van der Waals surface area contributed by atoms with Gasteiger partial charge in [-0.15, -0.1) is 6.58 Å². The molecule has 8 heteroatoms. The van der Waals surface area contributed by atoms with Gasteiger partial charge in [-0.2, -0.15) is 0 Å². The van der Waals surface area contributed by atoms with Gasteiger partial charge in [0.15, 0.2) is 23.0 Å². The number of methoxy groups -OCH3 is 3. The van der Waals surface area contributed by atoms with Crippen molar-refractivity contribution in [2.75, 3.05) is 34.5 Å². The van der Waals surface area contributed by atoms with E-state index in [2.05, 4.69) is 22.5 Å². The van der Waals surface area contributed by atoms with Gasteiger partial charge in [-0.25, -0.2) is 4.98 Å². The summed E-state index contributed by atoms with van der Waals surface area (Å²) < 4.78 is 24.3. The molecule has 3 aromatic carbocycles. The van der Waals surface area contributed by atoms with Crippen LogP contribution in [0.2, 0.25) is 0 Å². The van der Waals surface area contributed by atoms with Crippen LogP contribution in [0.15, 0.2) is 73.3 Å². The standard InChI is InChI=1S/C31H35N3O5/c1-5-9-22-12-14-27(28(20-22)37-3)39-19-8-18-34-25-11-7-6-10-24(25)33-30(34)16-17-32-31(35)23-13-15-26(36-2)29(21-23)38-4/h5-7,10-15,20-21H,1,8-9,16-19H2,2-4H3,(H,32,35). The number of aromatic nitrogens is 2. The van der Waals surface area contributed by atoms with Crippen molar-refractivity contribution >= 4 is 16.9 Å². The average Bonchev–Trinajstić information content (AvgIpc) is 3.32. The van der Waals surface area contributed by atoms with E-state index in [-0.39, 0.29) is 5.91 Å². The van der Waals surface area contributed by atoms with E-state index in [1.807, 2.05) is 42.5 Å². The molecule has 4 rings (SSSR count). The molecule has 1 amide bonds. The number of carbonyl (C=O) groups is 1. The van der Waals surface area contributed by atoms with Crippen molar-refractivity contribution in [1.29, 1.82) is 0 Å². The lowest BCUT2D eigenvalue weighted by atomic mass is 10.1. The average molecular weight is 530 g/mol. The number of hydrogen-bond acceptors (Lipinski definition) is 6. The molecule has 0 fully saturated rings. The van der Waals surface area contributed by atoms with Crippen molar-refractivity contribution in [2.45, 2.75) is 25.8 Å². The molecule has 0 spiro atoms. The summed E-state index contributed by atoms with van der Waals surface area (Å²) in [5.41, 5.74) is 3.62. The van der Waals surface area contributed by atoms with Gasteiger partial charge in [-0.05, 0) is 60.9 Å². The quantitative estimate of drug-likeness (QED) is 0.178. The highest BCUT2D eigenvalue weighted by molar-refractivity contribution is 5.94. The van der Waals surface area contributed by atoms with E-state index < -0.39 is 0 Å². The van der Waals surface area contributed by atoms with Crippen LogP contribution in [-0.2, 0) is 19.4 Å². The molecule has 4 aromatic rings. The van der Waals surface area contributed by atoms with Gasteiger partial charge in [0.1, 0.15) is 5.82 Å². The number of imidazole rings is 1. The van der Waals surface area contributed by atoms with Gasteiger partial charge in [0.25, 0.3) is 5.91 Å². The number of ether oxygens (including phenoxy) is 4. The highest BCUT2D eigenvalue weighted by Gasteiger charge is 2.14. The maximum absolute atomic E-state index is 12.7. The van der Waals surface area contributed by atoms with Crippen molar-refractivity contribution in [3.63, 3.8) is 0 Å². The van der Waals surface area contributed by atoms with E-state index in [1.165, 1.54) is 0 Å². The molecule has 0 saturated carbocycles. The van der Waals surface area contributed by atoms with Gasteiger partial charge < -0.3 is 28.8 Å². The van der Waals surface area contributed by atoms with Crippen LogP contribution in [0.5, 0.6) is 23.0 Å². The Morgan fingerprint density at radius 3 is 2.46 bits per heavy atom. The fourth-order valence-electron chi connectivity index (χ4n) is 4.46. The molecular weight excluding hydrogens is 494 g/mol. The molecule has 0 aliphatic carbocycles. The van der Waals surface area contributed by atoms with Crippen LogP contribution in [0, 0.1) is 0 Å². The number of amides is 1. The van der Waals surface area contributed by atoms with Crippen molar-refractivity contribution in [3.8, 4) is 23.0 Å². The summed E-state index contributed by atoms with van der Waals surface area (Å²) >= 11 is 0. The SMILES string of the molecule is C=CCc1ccc(OCCCn2c(CCNC(=O)c3ccc(OC)c(OC)c3)nc3ccccc32)c(OC)c1. The summed E-state index contributed by atoms with van der Waals surface area (Å²) in [5, 5.41) is 2.99. The fraction of sp³-hybridized carbons (Fsp3) is 0.290. The molecule has 1 heterocycles. The number of carbonyl (C=O) groups excluding carboxylic acids is 1. The van der Waals surface area contributed by atoms with Crippen LogP contribution in [0.25, 0.3) is 11.0 Å². The van der Waals surface area contributed by atoms with Crippen molar-refractivity contribution in [3.05, 3.63) is 90.3 Å². The van der Waals surface area contributed by atoms with E-state index in [1.54, 1.807) is 39.5 Å². The summed E-state index contributed by atoms with van der Waals surface area (Å²) in [4.78, 5) is 17.6. The molecule has 8 nitrogen and oxygen atoms in total. The first-order chi connectivity index (χ1) is 19.1. The van der Waals surface area contributed by atoms with Crippen LogP contribution >= 0.6 is 0 Å². The van der Waals surface area contributed by atoms with E-state index >= 15 is 0 Å². The Balaban J connectivity index is 1.38. The zero-order valence-corrected chi connectivity index (χ0v) is 22.7. The molecule has 0 aliphatic rings. The molecule has 0 saturated heterocycles. The monoisotopic (exact) mass is 529 g/mol. The number of nitrogens with one attached hydrogen (secondary N) is 1. The van der Waals surface area contributed by atoms with Gasteiger partial charge >= 0.3 is 0 Å². The minimum absolute atomic E-state index is 0.180. The molecule has 39 heavy (non-hydrogen) atoms. The van der Waals surface area contributed by atoms with Gasteiger partial charge in [-0.1, -0.05) is 24.3 Å². The predicted octanol–water partition coefficient (Wildman–Crippen LogP) is 5.23. The summed E-state index contributed by atoms with van der Waals surface area (Å²) in [6.07, 6.45) is 4.02. The maximum atomic E-state index is 12.7. The number of para-hydroxylation sites is 2. The van der Waals surface area contributed by atoms with Crippen molar-refractivity contribution in [1.82, 2.24) is 14.9 Å². The molecule has 0 aliphatic heterocycles. The molecule has 204 valence electrons. The molecular formula is C31H35N3O5. The molecule has 0 radical (unpaired) electrons. The molecule has 0 unspecified atom stereocenters. The lowest BCUT2D eigenvalue weighted by molar-refractivity contribution is 0.0953. The molecule has 1 aromatic heterocycles. The molecule has 0 atom stereocenters. The normalized spacial score (nSPS) is 10.7. The predicted molar refractivity (Wildman–Crippen MR) is 152 cm³/mol. The lowest BCUT2D eigenvalue weighted by Gasteiger charge is -2.13. The van der Waals surface area contributed by atoms with Crippen molar-refractivity contribution < 1.29 is 23.7 Å². The second-order valence-electron chi connectivity index (χ2n) is 8.92. The Morgan fingerprint density at radius 1 is 0.949 bits per heavy atom. The Labute approximate surface area is 229 Å². The largest absolute Gasteiger partial charge is 0.493 e. The minimum atomic E-state index is -0.180. The third kappa shape index (κ3) is 6.71. The zero-order chi connectivity index (χ0) is 27.6. The van der Waals surface area contributed by atoms with E-state index in [9.17, 15) is 4.79 Å². The highest BCUT2D eigenvalue weighted by atomic mass is 16.5. The number of allylic oxidation sites excluding steroid dienone is 1. The number of hydrogen-bond donors (Lipinski definition) is 1. The van der Waals surface area contributed by atoms with Gasteiger partial charge in [-0.3, -0.25) is 4.79 Å². The minimum Gasteiger partial charge on any atom is -0.493 e. The molecule has 0 bridgehead atoms. The second-order valence-corrected chi connectivity index (χ2v) is 8.92. The smallest absolute Gasteiger partial charge is 0.251 e. The first kappa shape index (κ1) is 27.6. The first-order valence-corrected chi connectivity index (χ1v) is 12.9. The van der Waals surface area contributed by atoms with E-state index in [0.717, 1.165) is 47.6 Å². The number of aryl methyl sites for hydroxylation is 1. The lowest BCUT2D eigenvalue weighted by Crippen LogP contribution is -2.26. The van der Waals surface area contributed by atoms with Crippen LogP contribution in [0.3, 0.4) is 0 Å². The topological polar surface area (TPSA) is 83.8 Å². The second kappa shape index (κ2) is 13.4. The summed E-state index contributed by atoms with van der Waals surface area (Å²) in [6, 6.07) is 19.1. The highest BCUT2D eigenvalue weighted by Crippen LogP contribution is 2.29. The number of benzene rings is 3. The maximum Gasteiger partial charge on any atom is 0.251 e. The summed E-state index contributed by atoms with van der Waals surface area (Å²) in [5.74, 6) is 3.26. The Kier molecular flexibility index (Phi) is 9.45. The van der Waals surface area contributed by atoms with Crippen LogP contribution < -0.4 is 24.3 Å². The Bertz CT molecular complexity index is 1430. The number of rotatable bonds is 14. The van der Waals surface area contributed by atoms with E-state index in [4.69, 9.17) is 23.9 Å². The Morgan fingerprint density at radius 2 is 1.69 bits per heavy atom. The van der Waals surface area contributed by atoms with Crippen LogP contribution in [-0.4, -0.2) is 49.9 Å². The van der Waals surface area contributed by atoms with Crippen LogP contribution in [0.1, 0.15) is 28.2 Å². The van der Waals surface area contributed by atoms with Gasteiger partial charge in [0.2, 0.25) is 0 Å². The number of nitrogens with zero attached hydrogens (tertiary/aromatic N) is 2. The van der Waals surface area contributed by atoms with Crippen molar-refractivity contribution in [2.24, 2.45) is 0 Å². The van der Waals surface area contributed by atoms with Gasteiger partial charge in [0.05, 0.1) is 39.0 Å². The summed E-state index contributed by atoms with van der Waals surface area (Å²) in [6.45, 7) is 5.50. The zero-order valence-electron chi connectivity index (χ0n) is 22.7. The third-order valence-corrected chi connectivity index (χ3v) is 6.41. The number of fused-ring (bicyclic) bond motifs is 1. The van der Waals surface area contributed by atoms with E-state index in [0.29, 0.717) is 42.4 Å². The first-order valence-electron chi connectivity index (χ1n) is 12.9. The third-order valence-electron chi connectivity index (χ3n) is 6.41. The van der Waals surface area contributed by atoms with Crippen LogP contribution in [0.4, 0.5) is 0 Å². The molecule has 1 N–H and O–H groups in total. The van der Waals surface area contributed by atoms with Gasteiger partial charge in [0, 0.05) is 25.1 Å². The summed E-state index contributed by atoms with van der Waals surface area (Å²) in [7, 11) is 4.76. The fourth-order valence-corrected chi connectivity index (χ4v) is 4.46. The Hall–Kier alpha value is -4.46.